The molecule has 1 unspecified atom stereocenters. The van der Waals surface area contributed by atoms with Gasteiger partial charge in [-0.1, -0.05) is 28.1 Å². The predicted octanol–water partition coefficient (Wildman–Crippen LogP) is 5.12. The molecule has 0 aliphatic heterocycles. The smallest absolute Gasteiger partial charge is 0.0907 e. The van der Waals surface area contributed by atoms with E-state index in [1.807, 2.05) is 31.2 Å². The number of anilines is 2. The highest BCUT2D eigenvalue weighted by Gasteiger charge is 2.10. The largest absolute Gasteiger partial charge is 0.397 e. The number of rotatable bonds is 3. The van der Waals surface area contributed by atoms with Gasteiger partial charge in [0.2, 0.25) is 0 Å². The molecule has 3 nitrogen and oxygen atoms in total. The van der Waals surface area contributed by atoms with Gasteiger partial charge in [0.1, 0.15) is 0 Å². The third-order valence-corrected chi connectivity index (χ3v) is 4.87. The molecule has 0 aliphatic carbocycles. The lowest BCUT2D eigenvalue weighted by Gasteiger charge is -2.17. The molecule has 108 valence electrons. The number of aromatic nitrogens is 1. The topological polar surface area (TPSA) is 50.9 Å². The van der Waals surface area contributed by atoms with Gasteiger partial charge < -0.3 is 11.1 Å². The van der Waals surface area contributed by atoms with Gasteiger partial charge in [-0.15, -0.1) is 11.3 Å². The van der Waals surface area contributed by atoms with E-state index in [1.54, 1.807) is 11.3 Å². The van der Waals surface area contributed by atoms with Gasteiger partial charge in [0.15, 0.2) is 0 Å². The zero-order valence-corrected chi connectivity index (χ0v) is 14.3. The Bertz CT molecular complexity index is 780. The summed E-state index contributed by atoms with van der Waals surface area (Å²) in [4.78, 5) is 4.52. The molecule has 1 atom stereocenters. The molecule has 3 aromatic rings. The Labute approximate surface area is 136 Å². The van der Waals surface area contributed by atoms with Gasteiger partial charge in [0.05, 0.1) is 26.6 Å². The second kappa shape index (κ2) is 5.66. The van der Waals surface area contributed by atoms with Crippen molar-refractivity contribution in [2.24, 2.45) is 0 Å². The highest BCUT2D eigenvalue weighted by molar-refractivity contribution is 9.10. The van der Waals surface area contributed by atoms with Crippen molar-refractivity contribution in [1.29, 1.82) is 0 Å². The van der Waals surface area contributed by atoms with Crippen LogP contribution >= 0.6 is 27.3 Å². The molecule has 21 heavy (non-hydrogen) atoms. The number of fused-ring (bicyclic) bond motifs is 1. The number of halogens is 1. The normalized spacial score (nSPS) is 12.5. The van der Waals surface area contributed by atoms with E-state index in [0.29, 0.717) is 0 Å². The molecule has 0 bridgehead atoms. The zero-order chi connectivity index (χ0) is 15.0. The van der Waals surface area contributed by atoms with Gasteiger partial charge in [0.25, 0.3) is 0 Å². The van der Waals surface area contributed by atoms with Gasteiger partial charge in [-0.05, 0) is 43.7 Å². The summed E-state index contributed by atoms with van der Waals surface area (Å²) in [5.74, 6) is 0. The quantitative estimate of drug-likeness (QED) is 0.636. The van der Waals surface area contributed by atoms with E-state index in [2.05, 4.69) is 45.3 Å². The van der Waals surface area contributed by atoms with Crippen molar-refractivity contribution in [2.75, 3.05) is 11.1 Å². The van der Waals surface area contributed by atoms with Crippen molar-refractivity contribution in [1.82, 2.24) is 4.98 Å². The van der Waals surface area contributed by atoms with Gasteiger partial charge in [-0.2, -0.15) is 0 Å². The third-order valence-electron chi connectivity index (χ3n) is 3.41. The molecule has 0 fully saturated rings. The first-order valence-corrected chi connectivity index (χ1v) is 8.32. The van der Waals surface area contributed by atoms with Crippen molar-refractivity contribution in [2.45, 2.75) is 19.9 Å². The van der Waals surface area contributed by atoms with Gasteiger partial charge in [-0.25, -0.2) is 4.98 Å². The molecule has 1 aromatic heterocycles. The Morgan fingerprint density at radius 3 is 2.67 bits per heavy atom. The van der Waals surface area contributed by atoms with Gasteiger partial charge in [0, 0.05) is 10.5 Å². The van der Waals surface area contributed by atoms with Crippen LogP contribution in [0.5, 0.6) is 0 Å². The van der Waals surface area contributed by atoms with Crippen LogP contribution in [0.2, 0.25) is 0 Å². The number of hydrogen-bond donors (Lipinski definition) is 2. The molecule has 0 spiro atoms. The number of nitrogens with two attached hydrogens (primary N) is 1. The standard InChI is InChI=1S/C16H16BrN3S/c1-9(11-3-5-12(17)6-4-11)19-14-8-15-16(7-13(14)18)21-10(2)20-15/h3-9,19H,18H2,1-2H3. The molecule has 3 rings (SSSR count). The van der Waals surface area contributed by atoms with Crippen molar-refractivity contribution < 1.29 is 0 Å². The second-order valence-corrected chi connectivity index (χ2v) is 7.21. The maximum atomic E-state index is 6.16. The van der Waals surface area contributed by atoms with E-state index in [0.717, 1.165) is 31.1 Å². The fourth-order valence-corrected chi connectivity index (χ4v) is 3.42. The Balaban J connectivity index is 1.89. The van der Waals surface area contributed by atoms with Gasteiger partial charge in [-0.3, -0.25) is 0 Å². The first kappa shape index (κ1) is 14.4. The summed E-state index contributed by atoms with van der Waals surface area (Å²) in [7, 11) is 0. The highest BCUT2D eigenvalue weighted by Crippen LogP contribution is 2.32. The molecule has 0 aliphatic rings. The Morgan fingerprint density at radius 2 is 1.95 bits per heavy atom. The molecule has 0 radical (unpaired) electrons. The fourth-order valence-electron chi connectivity index (χ4n) is 2.30. The van der Waals surface area contributed by atoms with Crippen LogP contribution < -0.4 is 11.1 Å². The third kappa shape index (κ3) is 3.04. The maximum Gasteiger partial charge on any atom is 0.0907 e. The zero-order valence-electron chi connectivity index (χ0n) is 11.9. The average Bonchev–Trinajstić information content (AvgIpc) is 2.79. The number of nitrogen functional groups attached to an aromatic ring is 1. The fraction of sp³-hybridized carbons (Fsp3) is 0.188. The monoisotopic (exact) mass is 361 g/mol. The van der Waals surface area contributed by atoms with Crippen LogP contribution in [0, 0.1) is 6.92 Å². The predicted molar refractivity (Wildman–Crippen MR) is 94.9 cm³/mol. The van der Waals surface area contributed by atoms with Crippen LogP contribution in [0.25, 0.3) is 10.2 Å². The molecule has 5 heteroatoms. The summed E-state index contributed by atoms with van der Waals surface area (Å²) < 4.78 is 2.21. The van der Waals surface area contributed by atoms with Crippen molar-refractivity contribution >= 4 is 48.9 Å². The molecular weight excluding hydrogens is 346 g/mol. The van der Waals surface area contributed by atoms with Crippen LogP contribution in [0.15, 0.2) is 40.9 Å². The summed E-state index contributed by atoms with van der Waals surface area (Å²) in [5, 5.41) is 4.53. The molecule has 0 saturated carbocycles. The van der Waals surface area contributed by atoms with E-state index >= 15 is 0 Å². The van der Waals surface area contributed by atoms with E-state index in [4.69, 9.17) is 5.73 Å². The molecule has 0 saturated heterocycles. The Hall–Kier alpha value is -1.59. The van der Waals surface area contributed by atoms with E-state index in [9.17, 15) is 0 Å². The number of nitrogens with one attached hydrogen (secondary N) is 1. The number of hydrogen-bond acceptors (Lipinski definition) is 4. The number of aryl methyl sites for hydroxylation is 1. The minimum absolute atomic E-state index is 0.178. The van der Waals surface area contributed by atoms with Crippen LogP contribution in [-0.2, 0) is 0 Å². The average molecular weight is 362 g/mol. The first-order chi connectivity index (χ1) is 10.0. The highest BCUT2D eigenvalue weighted by atomic mass is 79.9. The summed E-state index contributed by atoms with van der Waals surface area (Å²) in [6.45, 7) is 4.14. The lowest BCUT2D eigenvalue weighted by Crippen LogP contribution is -2.08. The Kier molecular flexibility index (Phi) is 3.87. The van der Waals surface area contributed by atoms with Crippen LogP contribution in [-0.4, -0.2) is 4.98 Å². The van der Waals surface area contributed by atoms with Crippen LogP contribution in [0.1, 0.15) is 23.5 Å². The van der Waals surface area contributed by atoms with Crippen molar-refractivity contribution in [3.63, 3.8) is 0 Å². The van der Waals surface area contributed by atoms with Crippen molar-refractivity contribution in [3.8, 4) is 0 Å². The van der Waals surface area contributed by atoms with Gasteiger partial charge >= 0.3 is 0 Å². The molecular formula is C16H16BrN3S. The number of nitrogens with zero attached hydrogens (tertiary/aromatic N) is 1. The summed E-state index contributed by atoms with van der Waals surface area (Å²) in [6.07, 6.45) is 0. The minimum Gasteiger partial charge on any atom is -0.397 e. The maximum absolute atomic E-state index is 6.16. The lowest BCUT2D eigenvalue weighted by molar-refractivity contribution is 0.885. The lowest BCUT2D eigenvalue weighted by atomic mass is 10.1. The van der Waals surface area contributed by atoms with Crippen LogP contribution in [0.4, 0.5) is 11.4 Å². The second-order valence-electron chi connectivity index (χ2n) is 5.06. The number of thiazole rings is 1. The molecule has 2 aromatic carbocycles. The number of benzene rings is 2. The van der Waals surface area contributed by atoms with Crippen molar-refractivity contribution in [3.05, 3.63) is 51.4 Å². The molecule has 0 amide bonds. The molecule has 3 N–H and O–H groups in total. The molecule has 1 heterocycles. The summed E-state index contributed by atoms with van der Waals surface area (Å²) in [5.41, 5.74) is 10.1. The summed E-state index contributed by atoms with van der Waals surface area (Å²) >= 11 is 5.12. The van der Waals surface area contributed by atoms with E-state index < -0.39 is 0 Å². The van der Waals surface area contributed by atoms with E-state index in [-0.39, 0.29) is 6.04 Å². The SMILES string of the molecule is Cc1nc2cc(NC(C)c3ccc(Br)cc3)c(N)cc2s1. The Morgan fingerprint density at radius 1 is 1.24 bits per heavy atom. The minimum atomic E-state index is 0.178. The summed E-state index contributed by atoms with van der Waals surface area (Å²) in [6, 6.07) is 12.5. The van der Waals surface area contributed by atoms with E-state index in [1.165, 1.54) is 5.56 Å². The van der Waals surface area contributed by atoms with Crippen LogP contribution in [0.3, 0.4) is 0 Å². The first-order valence-electron chi connectivity index (χ1n) is 6.71.